The molecular formula is C25H28O7. The summed E-state index contributed by atoms with van der Waals surface area (Å²) in [5, 5.41) is 0. The Morgan fingerprint density at radius 3 is 2.03 bits per heavy atom. The standard InChI is InChI=1S/C25H28O7/c1-4-25(17-28-15-20-11-7-5-8-12-20)23(29-16-21-13-9-6-10-14-21)22(30-18(2)26)24(32-25)31-19(3)27/h4-14,22-24H,1,15-17H2,2-3H3/t22-,23+,24?,25-/m0/s1. The van der Waals surface area contributed by atoms with Gasteiger partial charge in [0.2, 0.25) is 6.29 Å². The van der Waals surface area contributed by atoms with Crippen molar-refractivity contribution in [2.45, 2.75) is 51.2 Å². The lowest BCUT2D eigenvalue weighted by Gasteiger charge is -2.31. The van der Waals surface area contributed by atoms with E-state index in [1.807, 2.05) is 60.7 Å². The van der Waals surface area contributed by atoms with Crippen molar-refractivity contribution in [3.63, 3.8) is 0 Å². The smallest absolute Gasteiger partial charge is 0.305 e. The maximum absolute atomic E-state index is 11.8. The van der Waals surface area contributed by atoms with Crippen LogP contribution in [0.5, 0.6) is 0 Å². The van der Waals surface area contributed by atoms with Gasteiger partial charge in [-0.3, -0.25) is 9.59 Å². The molecule has 0 aromatic heterocycles. The van der Waals surface area contributed by atoms with Crippen molar-refractivity contribution in [2.75, 3.05) is 6.61 Å². The topological polar surface area (TPSA) is 80.3 Å². The van der Waals surface area contributed by atoms with Crippen LogP contribution in [0.15, 0.2) is 73.3 Å². The Bertz CT molecular complexity index is 899. The third kappa shape index (κ3) is 6.03. The van der Waals surface area contributed by atoms with E-state index in [1.54, 1.807) is 6.08 Å². The second-order valence-electron chi connectivity index (χ2n) is 7.52. The van der Waals surface area contributed by atoms with Crippen LogP contribution in [0.2, 0.25) is 0 Å². The molecule has 1 fully saturated rings. The van der Waals surface area contributed by atoms with Crippen LogP contribution in [0, 0.1) is 0 Å². The van der Waals surface area contributed by atoms with Gasteiger partial charge in [-0.1, -0.05) is 66.7 Å². The second kappa shape index (κ2) is 11.0. The van der Waals surface area contributed by atoms with Gasteiger partial charge in [-0.15, -0.1) is 6.58 Å². The van der Waals surface area contributed by atoms with Crippen molar-refractivity contribution in [3.05, 3.63) is 84.4 Å². The van der Waals surface area contributed by atoms with Crippen LogP contribution >= 0.6 is 0 Å². The molecular weight excluding hydrogens is 412 g/mol. The Morgan fingerprint density at radius 2 is 1.50 bits per heavy atom. The molecule has 2 aromatic carbocycles. The molecule has 1 aliphatic heterocycles. The molecule has 32 heavy (non-hydrogen) atoms. The monoisotopic (exact) mass is 440 g/mol. The van der Waals surface area contributed by atoms with E-state index in [-0.39, 0.29) is 13.2 Å². The molecule has 1 unspecified atom stereocenters. The van der Waals surface area contributed by atoms with Crippen molar-refractivity contribution >= 4 is 11.9 Å². The first-order valence-corrected chi connectivity index (χ1v) is 10.4. The first-order valence-electron chi connectivity index (χ1n) is 10.4. The van der Waals surface area contributed by atoms with Crippen LogP contribution in [-0.4, -0.2) is 42.6 Å². The summed E-state index contributed by atoms with van der Waals surface area (Å²) in [7, 11) is 0. The molecule has 7 nitrogen and oxygen atoms in total. The predicted octanol–water partition coefficient (Wildman–Crippen LogP) is 3.56. The van der Waals surface area contributed by atoms with E-state index in [1.165, 1.54) is 13.8 Å². The van der Waals surface area contributed by atoms with E-state index >= 15 is 0 Å². The molecule has 1 aliphatic rings. The van der Waals surface area contributed by atoms with Crippen LogP contribution < -0.4 is 0 Å². The number of carbonyl (C=O) groups excluding carboxylic acids is 2. The maximum atomic E-state index is 11.8. The van der Waals surface area contributed by atoms with E-state index in [0.29, 0.717) is 6.61 Å². The number of hydrogen-bond acceptors (Lipinski definition) is 7. The molecule has 0 spiro atoms. The van der Waals surface area contributed by atoms with Crippen molar-refractivity contribution in [2.24, 2.45) is 0 Å². The van der Waals surface area contributed by atoms with Crippen LogP contribution in [0.3, 0.4) is 0 Å². The molecule has 0 aliphatic carbocycles. The fourth-order valence-electron chi connectivity index (χ4n) is 3.57. The van der Waals surface area contributed by atoms with Gasteiger partial charge in [0, 0.05) is 13.8 Å². The van der Waals surface area contributed by atoms with Crippen LogP contribution in [0.4, 0.5) is 0 Å². The van der Waals surface area contributed by atoms with E-state index in [2.05, 4.69) is 6.58 Å². The number of carbonyl (C=O) groups is 2. The minimum Gasteiger partial charge on any atom is -0.453 e. The Kier molecular flexibility index (Phi) is 8.16. The van der Waals surface area contributed by atoms with Crippen molar-refractivity contribution < 1.29 is 33.3 Å². The highest BCUT2D eigenvalue weighted by atomic mass is 16.8. The zero-order valence-corrected chi connectivity index (χ0v) is 18.3. The molecule has 7 heteroatoms. The first kappa shape index (κ1) is 23.7. The van der Waals surface area contributed by atoms with E-state index in [0.717, 1.165) is 11.1 Å². The van der Waals surface area contributed by atoms with Gasteiger partial charge in [0.05, 0.1) is 19.8 Å². The molecule has 3 rings (SSSR count). The van der Waals surface area contributed by atoms with Gasteiger partial charge in [0.25, 0.3) is 0 Å². The quantitative estimate of drug-likeness (QED) is 0.413. The molecule has 1 saturated heterocycles. The second-order valence-corrected chi connectivity index (χ2v) is 7.52. The maximum Gasteiger partial charge on any atom is 0.305 e. The summed E-state index contributed by atoms with van der Waals surface area (Å²) in [5.41, 5.74) is 0.705. The number of ether oxygens (including phenoxy) is 5. The zero-order chi connectivity index (χ0) is 23.0. The van der Waals surface area contributed by atoms with Gasteiger partial charge in [-0.25, -0.2) is 0 Å². The van der Waals surface area contributed by atoms with Crippen LogP contribution in [-0.2, 0) is 46.5 Å². The highest BCUT2D eigenvalue weighted by Crippen LogP contribution is 2.38. The SMILES string of the molecule is C=C[C@@]1(COCc2ccccc2)OC(OC(C)=O)[C@@H](OC(C)=O)[C@H]1OCc1ccccc1. The number of esters is 2. The average molecular weight is 440 g/mol. The lowest BCUT2D eigenvalue weighted by atomic mass is 9.95. The molecule has 2 aromatic rings. The highest BCUT2D eigenvalue weighted by Gasteiger charge is 2.58. The fourth-order valence-corrected chi connectivity index (χ4v) is 3.57. The molecule has 0 radical (unpaired) electrons. The Labute approximate surface area is 187 Å². The highest BCUT2D eigenvalue weighted by molar-refractivity contribution is 5.67. The molecule has 170 valence electrons. The Morgan fingerprint density at radius 1 is 0.938 bits per heavy atom. The molecule has 1 heterocycles. The number of rotatable bonds is 10. The third-order valence-electron chi connectivity index (χ3n) is 5.03. The minimum absolute atomic E-state index is 0.0559. The lowest BCUT2D eigenvalue weighted by Crippen LogP contribution is -2.48. The summed E-state index contributed by atoms with van der Waals surface area (Å²) in [4.78, 5) is 23.5. The minimum atomic E-state index is -1.20. The van der Waals surface area contributed by atoms with E-state index in [9.17, 15) is 9.59 Å². The predicted molar refractivity (Wildman–Crippen MR) is 116 cm³/mol. The summed E-state index contributed by atoms with van der Waals surface area (Å²) >= 11 is 0. The van der Waals surface area contributed by atoms with Gasteiger partial charge in [-0.05, 0) is 11.1 Å². The van der Waals surface area contributed by atoms with Crippen molar-refractivity contribution in [3.8, 4) is 0 Å². The van der Waals surface area contributed by atoms with Crippen molar-refractivity contribution in [1.29, 1.82) is 0 Å². The molecule has 0 bridgehead atoms. The zero-order valence-electron chi connectivity index (χ0n) is 18.3. The Balaban J connectivity index is 1.83. The molecule has 0 amide bonds. The van der Waals surface area contributed by atoms with Gasteiger partial charge in [0.15, 0.2) is 6.10 Å². The molecule has 0 N–H and O–H groups in total. The van der Waals surface area contributed by atoms with Gasteiger partial charge in [0.1, 0.15) is 11.7 Å². The van der Waals surface area contributed by atoms with Crippen LogP contribution in [0.1, 0.15) is 25.0 Å². The van der Waals surface area contributed by atoms with Crippen LogP contribution in [0.25, 0.3) is 0 Å². The van der Waals surface area contributed by atoms with Gasteiger partial charge < -0.3 is 23.7 Å². The average Bonchev–Trinajstić information content (AvgIpc) is 3.05. The Hall–Kier alpha value is -3.00. The normalized spacial score (nSPS) is 24.6. The summed E-state index contributed by atoms with van der Waals surface area (Å²) in [6.45, 7) is 7.06. The number of hydrogen-bond donors (Lipinski definition) is 0. The van der Waals surface area contributed by atoms with Gasteiger partial charge >= 0.3 is 11.9 Å². The fraction of sp³-hybridized carbons (Fsp3) is 0.360. The van der Waals surface area contributed by atoms with Crippen molar-refractivity contribution in [1.82, 2.24) is 0 Å². The summed E-state index contributed by atoms with van der Waals surface area (Å²) in [6.07, 6.45) is -1.41. The lowest BCUT2D eigenvalue weighted by molar-refractivity contribution is -0.204. The van der Waals surface area contributed by atoms with Gasteiger partial charge in [-0.2, -0.15) is 0 Å². The summed E-state index contributed by atoms with van der Waals surface area (Å²) in [6, 6.07) is 19.2. The number of benzene rings is 2. The van der Waals surface area contributed by atoms with E-state index in [4.69, 9.17) is 23.7 Å². The largest absolute Gasteiger partial charge is 0.453 e. The molecule has 0 saturated carbocycles. The third-order valence-corrected chi connectivity index (χ3v) is 5.03. The van der Waals surface area contributed by atoms with E-state index < -0.39 is 36.0 Å². The summed E-state index contributed by atoms with van der Waals surface area (Å²) < 4.78 is 29.0. The first-order chi connectivity index (χ1) is 15.4. The molecule has 4 atom stereocenters. The summed E-state index contributed by atoms with van der Waals surface area (Å²) in [5.74, 6) is -1.12.